The van der Waals surface area contributed by atoms with Gasteiger partial charge in [0.05, 0.1) is 6.04 Å². The lowest BCUT2D eigenvalue weighted by Gasteiger charge is -2.46. The Kier molecular flexibility index (Phi) is 5.83. The largest absolute Gasteiger partial charge is 0.309 e. The summed E-state index contributed by atoms with van der Waals surface area (Å²) >= 11 is 0. The Morgan fingerprint density at radius 1 is 1.14 bits per heavy atom. The fourth-order valence-corrected chi connectivity index (χ4v) is 4.01. The molecule has 1 atom stereocenters. The maximum atomic E-state index is 3.80. The van der Waals surface area contributed by atoms with Gasteiger partial charge in [0.15, 0.2) is 0 Å². The Labute approximate surface area is 130 Å². The Bertz CT molecular complexity index is 431. The molecule has 1 saturated carbocycles. The van der Waals surface area contributed by atoms with Crippen LogP contribution in [0.4, 0.5) is 0 Å². The summed E-state index contributed by atoms with van der Waals surface area (Å²) in [4.78, 5) is 2.49. The van der Waals surface area contributed by atoms with Crippen LogP contribution in [0.15, 0.2) is 24.3 Å². The lowest BCUT2D eigenvalue weighted by molar-refractivity contribution is 0.0807. The molecule has 1 aromatic carbocycles. The van der Waals surface area contributed by atoms with Crippen LogP contribution in [0.1, 0.15) is 62.6 Å². The van der Waals surface area contributed by atoms with E-state index in [0.717, 1.165) is 6.54 Å². The summed E-state index contributed by atoms with van der Waals surface area (Å²) in [5.41, 5.74) is 3.06. The van der Waals surface area contributed by atoms with Gasteiger partial charge >= 0.3 is 0 Å². The third-order valence-corrected chi connectivity index (χ3v) is 5.18. The molecule has 21 heavy (non-hydrogen) atoms. The molecule has 0 radical (unpaired) electrons. The van der Waals surface area contributed by atoms with Crippen LogP contribution in [0.2, 0.25) is 0 Å². The average molecular weight is 288 g/mol. The van der Waals surface area contributed by atoms with Crippen LogP contribution in [0.3, 0.4) is 0 Å². The SMILES string of the molecule is CCNC(c1cccc(C)c1)C1(N(C)C)CCCCCC1. The van der Waals surface area contributed by atoms with Crippen molar-refractivity contribution in [3.8, 4) is 0 Å². The number of rotatable bonds is 5. The summed E-state index contributed by atoms with van der Waals surface area (Å²) in [5, 5.41) is 3.80. The Morgan fingerprint density at radius 2 is 1.81 bits per heavy atom. The Morgan fingerprint density at radius 3 is 2.33 bits per heavy atom. The molecule has 118 valence electrons. The maximum Gasteiger partial charge on any atom is 0.0506 e. The molecule has 0 aliphatic heterocycles. The van der Waals surface area contributed by atoms with Crippen LogP contribution in [-0.2, 0) is 0 Å². The lowest BCUT2D eigenvalue weighted by atomic mass is 9.77. The van der Waals surface area contributed by atoms with Gasteiger partial charge in [0.25, 0.3) is 0 Å². The van der Waals surface area contributed by atoms with Crippen LogP contribution >= 0.6 is 0 Å². The number of benzene rings is 1. The van der Waals surface area contributed by atoms with Gasteiger partial charge < -0.3 is 10.2 Å². The quantitative estimate of drug-likeness (QED) is 0.813. The van der Waals surface area contributed by atoms with E-state index in [9.17, 15) is 0 Å². The van der Waals surface area contributed by atoms with E-state index in [-0.39, 0.29) is 5.54 Å². The molecule has 0 saturated heterocycles. The van der Waals surface area contributed by atoms with Gasteiger partial charge in [-0.05, 0) is 46.0 Å². The summed E-state index contributed by atoms with van der Waals surface area (Å²) in [5.74, 6) is 0. The van der Waals surface area contributed by atoms with E-state index in [4.69, 9.17) is 0 Å². The predicted molar refractivity (Wildman–Crippen MR) is 91.7 cm³/mol. The van der Waals surface area contributed by atoms with Gasteiger partial charge in [-0.25, -0.2) is 0 Å². The normalized spacial score (nSPS) is 20.2. The second-order valence-electron chi connectivity index (χ2n) is 6.82. The highest BCUT2D eigenvalue weighted by atomic mass is 15.2. The Hall–Kier alpha value is -0.860. The summed E-state index contributed by atoms with van der Waals surface area (Å²) in [6.07, 6.45) is 8.08. The van der Waals surface area contributed by atoms with Crippen LogP contribution in [0.25, 0.3) is 0 Å². The number of likely N-dealkylation sites (N-methyl/N-ethyl adjacent to an activating group) is 2. The monoisotopic (exact) mass is 288 g/mol. The van der Waals surface area contributed by atoms with E-state index >= 15 is 0 Å². The number of hydrogen-bond donors (Lipinski definition) is 1. The van der Waals surface area contributed by atoms with E-state index in [1.54, 1.807) is 0 Å². The van der Waals surface area contributed by atoms with Gasteiger partial charge in [0.1, 0.15) is 0 Å². The minimum absolute atomic E-state index is 0.250. The zero-order valence-corrected chi connectivity index (χ0v) is 14.3. The molecule has 1 aromatic rings. The minimum Gasteiger partial charge on any atom is -0.309 e. The first kappa shape index (κ1) is 16.5. The van der Waals surface area contributed by atoms with E-state index in [1.165, 1.54) is 49.7 Å². The van der Waals surface area contributed by atoms with Gasteiger partial charge in [0.2, 0.25) is 0 Å². The molecule has 0 heterocycles. The van der Waals surface area contributed by atoms with Crippen molar-refractivity contribution in [3.05, 3.63) is 35.4 Å². The molecule has 2 rings (SSSR count). The average Bonchev–Trinajstić information content (AvgIpc) is 2.71. The molecule has 0 spiro atoms. The van der Waals surface area contributed by atoms with E-state index in [2.05, 4.69) is 62.4 Å². The molecule has 0 aromatic heterocycles. The van der Waals surface area contributed by atoms with E-state index in [1.807, 2.05) is 0 Å². The standard InChI is InChI=1S/C19H32N2/c1-5-20-18(17-12-10-11-16(2)15-17)19(21(3)4)13-8-6-7-9-14-19/h10-12,15,18,20H,5-9,13-14H2,1-4H3. The third kappa shape index (κ3) is 3.67. The lowest BCUT2D eigenvalue weighted by Crippen LogP contribution is -2.53. The van der Waals surface area contributed by atoms with E-state index in [0.29, 0.717) is 6.04 Å². The van der Waals surface area contributed by atoms with Gasteiger partial charge in [-0.2, -0.15) is 0 Å². The first-order valence-electron chi connectivity index (χ1n) is 8.57. The fraction of sp³-hybridized carbons (Fsp3) is 0.684. The van der Waals surface area contributed by atoms with Crippen molar-refractivity contribution < 1.29 is 0 Å². The van der Waals surface area contributed by atoms with Crippen molar-refractivity contribution in [2.24, 2.45) is 0 Å². The highest BCUT2D eigenvalue weighted by molar-refractivity contribution is 5.28. The van der Waals surface area contributed by atoms with Gasteiger partial charge in [-0.3, -0.25) is 0 Å². The van der Waals surface area contributed by atoms with Crippen LogP contribution in [0.5, 0.6) is 0 Å². The number of aryl methyl sites for hydroxylation is 1. The van der Waals surface area contributed by atoms with Crippen molar-refractivity contribution in [1.82, 2.24) is 10.2 Å². The van der Waals surface area contributed by atoms with Crippen molar-refractivity contribution in [1.29, 1.82) is 0 Å². The molecule has 1 unspecified atom stereocenters. The number of hydrogen-bond acceptors (Lipinski definition) is 2. The molecule has 0 amide bonds. The Balaban J connectivity index is 2.40. The van der Waals surface area contributed by atoms with Crippen LogP contribution in [-0.4, -0.2) is 31.1 Å². The number of nitrogens with zero attached hydrogens (tertiary/aromatic N) is 1. The molecule has 1 fully saturated rings. The molecule has 1 N–H and O–H groups in total. The summed E-state index contributed by atoms with van der Waals surface area (Å²) < 4.78 is 0. The highest BCUT2D eigenvalue weighted by Crippen LogP contribution is 2.41. The molecule has 1 aliphatic carbocycles. The van der Waals surface area contributed by atoms with Gasteiger partial charge in [-0.1, -0.05) is 62.4 Å². The van der Waals surface area contributed by atoms with Gasteiger partial charge in [-0.15, -0.1) is 0 Å². The molecular weight excluding hydrogens is 256 g/mol. The smallest absolute Gasteiger partial charge is 0.0506 e. The summed E-state index contributed by atoms with van der Waals surface area (Å²) in [6.45, 7) is 5.44. The first-order valence-corrected chi connectivity index (χ1v) is 8.57. The number of nitrogens with one attached hydrogen (secondary N) is 1. The fourth-order valence-electron chi connectivity index (χ4n) is 4.01. The molecular formula is C19H32N2. The van der Waals surface area contributed by atoms with Crippen molar-refractivity contribution in [2.45, 2.75) is 64.0 Å². The zero-order chi connectivity index (χ0) is 15.3. The molecule has 2 nitrogen and oxygen atoms in total. The summed E-state index contributed by atoms with van der Waals surface area (Å²) in [6, 6.07) is 9.49. The molecule has 1 aliphatic rings. The molecule has 0 bridgehead atoms. The second-order valence-corrected chi connectivity index (χ2v) is 6.82. The van der Waals surface area contributed by atoms with Crippen LogP contribution in [0, 0.1) is 6.92 Å². The zero-order valence-electron chi connectivity index (χ0n) is 14.3. The topological polar surface area (TPSA) is 15.3 Å². The molecule has 2 heteroatoms. The highest BCUT2D eigenvalue weighted by Gasteiger charge is 2.41. The third-order valence-electron chi connectivity index (χ3n) is 5.18. The van der Waals surface area contributed by atoms with E-state index < -0.39 is 0 Å². The van der Waals surface area contributed by atoms with Gasteiger partial charge in [0, 0.05) is 5.54 Å². The summed E-state index contributed by atoms with van der Waals surface area (Å²) in [7, 11) is 4.54. The first-order chi connectivity index (χ1) is 10.1. The van der Waals surface area contributed by atoms with Crippen molar-refractivity contribution in [2.75, 3.05) is 20.6 Å². The maximum absolute atomic E-state index is 3.80. The predicted octanol–water partition coefficient (Wildman–Crippen LogP) is 4.30. The van der Waals surface area contributed by atoms with Crippen molar-refractivity contribution >= 4 is 0 Å². The van der Waals surface area contributed by atoms with Crippen molar-refractivity contribution in [3.63, 3.8) is 0 Å². The second kappa shape index (κ2) is 7.42. The van der Waals surface area contributed by atoms with Crippen LogP contribution < -0.4 is 5.32 Å². The minimum atomic E-state index is 0.250.